The molecule has 1 aliphatic heterocycles. The van der Waals surface area contributed by atoms with E-state index in [0.717, 1.165) is 80.7 Å². The molecule has 1 saturated heterocycles. The summed E-state index contributed by atoms with van der Waals surface area (Å²) in [5, 5.41) is 31.7. The number of nitrogens with one attached hydrogen (secondary N) is 1. The second-order valence-corrected chi connectivity index (χ2v) is 8.30. The summed E-state index contributed by atoms with van der Waals surface area (Å²) in [6, 6.07) is 3.19. The Morgan fingerprint density at radius 2 is 1.87 bits per heavy atom. The van der Waals surface area contributed by atoms with Crippen LogP contribution in [0.15, 0.2) is 18.2 Å². The van der Waals surface area contributed by atoms with Crippen LogP contribution in [0.4, 0.5) is 19.0 Å². The maximum Gasteiger partial charge on any atom is 0.416 e. The number of hydrogen-bond donors (Lipinski definition) is 3. The first-order chi connectivity index (χ1) is 14.9. The minimum Gasteiger partial charge on any atom is -0.507 e. The molecule has 0 bridgehead atoms. The molecule has 0 spiro atoms. The number of phenolic OH excluding ortho intramolecular Hbond substituents is 1. The van der Waals surface area contributed by atoms with Crippen molar-refractivity contribution in [3.63, 3.8) is 0 Å². The molecule has 1 aromatic carbocycles. The number of fused-ring (bicyclic) bond motifs is 1. The van der Waals surface area contributed by atoms with Gasteiger partial charge in [-0.15, -0.1) is 10.2 Å². The van der Waals surface area contributed by atoms with Crippen molar-refractivity contribution in [2.45, 2.75) is 50.7 Å². The summed E-state index contributed by atoms with van der Waals surface area (Å²) in [6.45, 7) is 2.56. The molecule has 2 aliphatic rings. The molecule has 168 valence electrons. The first kappa shape index (κ1) is 21.8. The van der Waals surface area contributed by atoms with Gasteiger partial charge in [0.1, 0.15) is 11.4 Å². The Morgan fingerprint density at radius 1 is 1.10 bits per heavy atom. The van der Waals surface area contributed by atoms with Crippen molar-refractivity contribution in [2.24, 2.45) is 0 Å². The molecule has 2 aromatic rings. The number of β-amino-alcohol motifs (C(OH)–C–C–N with tert-alkyl or cyclic N) is 1. The summed E-state index contributed by atoms with van der Waals surface area (Å²) in [5.41, 5.74) is 1.82. The molecule has 0 amide bonds. The average molecular weight is 436 g/mol. The van der Waals surface area contributed by atoms with Crippen molar-refractivity contribution in [2.75, 3.05) is 31.6 Å². The number of aliphatic hydroxyl groups is 1. The Labute approximate surface area is 179 Å². The van der Waals surface area contributed by atoms with Crippen LogP contribution in [0.1, 0.15) is 42.4 Å². The number of nitrogens with zero attached hydrogens (tertiary/aromatic N) is 3. The summed E-state index contributed by atoms with van der Waals surface area (Å²) < 4.78 is 38.9. The molecule has 3 N–H and O–H groups in total. The fourth-order valence-corrected chi connectivity index (χ4v) is 4.60. The van der Waals surface area contributed by atoms with E-state index in [4.69, 9.17) is 0 Å². The average Bonchev–Trinajstić information content (AvgIpc) is 2.74. The Morgan fingerprint density at radius 3 is 2.58 bits per heavy atom. The highest BCUT2D eigenvalue weighted by Gasteiger charge is 2.32. The third-order valence-electron chi connectivity index (χ3n) is 6.13. The van der Waals surface area contributed by atoms with Gasteiger partial charge in [0.2, 0.25) is 0 Å². The van der Waals surface area contributed by atoms with Crippen molar-refractivity contribution >= 4 is 5.82 Å². The van der Waals surface area contributed by atoms with E-state index < -0.39 is 17.5 Å². The van der Waals surface area contributed by atoms with Crippen LogP contribution in [0, 0.1) is 0 Å². The minimum absolute atomic E-state index is 0.132. The summed E-state index contributed by atoms with van der Waals surface area (Å²) in [5.74, 6) is 0.283. The highest BCUT2D eigenvalue weighted by Crippen LogP contribution is 2.39. The van der Waals surface area contributed by atoms with E-state index >= 15 is 0 Å². The highest BCUT2D eigenvalue weighted by molar-refractivity contribution is 5.73. The predicted molar refractivity (Wildman–Crippen MR) is 111 cm³/mol. The number of phenols is 1. The van der Waals surface area contributed by atoms with Gasteiger partial charge < -0.3 is 15.5 Å². The fraction of sp³-hybridized carbons (Fsp3) is 0.545. The van der Waals surface area contributed by atoms with Crippen molar-refractivity contribution in [1.29, 1.82) is 0 Å². The number of rotatable bonds is 5. The lowest BCUT2D eigenvalue weighted by Gasteiger charge is -2.33. The van der Waals surface area contributed by atoms with E-state index in [9.17, 15) is 23.4 Å². The molecule has 6 nitrogen and oxygen atoms in total. The van der Waals surface area contributed by atoms with Crippen LogP contribution < -0.4 is 5.32 Å². The first-order valence-electron chi connectivity index (χ1n) is 10.8. The standard InChI is InChI=1S/C22H27F3N4O2/c23-22(24,25)14-7-8-18(19(31)12-14)20-16-5-1-2-6-17(16)21(28-27-20)26-15-4-3-9-29(13-15)10-11-30/h7-8,12,15,30-31H,1-6,9-11,13H2,(H,26,28)/t15-/m1/s1. The Kier molecular flexibility index (Phi) is 6.34. The molecule has 0 unspecified atom stereocenters. The molecule has 1 atom stereocenters. The van der Waals surface area contributed by atoms with Gasteiger partial charge in [-0.3, -0.25) is 4.90 Å². The first-order valence-corrected chi connectivity index (χ1v) is 10.8. The van der Waals surface area contributed by atoms with Crippen molar-refractivity contribution in [1.82, 2.24) is 15.1 Å². The number of likely N-dealkylation sites (tertiary alicyclic amines) is 1. The maximum atomic E-state index is 13.0. The molecule has 2 heterocycles. The van der Waals surface area contributed by atoms with Crippen LogP contribution in [-0.2, 0) is 19.0 Å². The van der Waals surface area contributed by atoms with Gasteiger partial charge in [-0.05, 0) is 68.8 Å². The molecule has 4 rings (SSSR count). The zero-order chi connectivity index (χ0) is 22.0. The lowest BCUT2D eigenvalue weighted by molar-refractivity contribution is -0.137. The van der Waals surface area contributed by atoms with Crippen molar-refractivity contribution in [3.05, 3.63) is 34.9 Å². The van der Waals surface area contributed by atoms with Gasteiger partial charge in [0.05, 0.1) is 12.2 Å². The number of anilines is 1. The quantitative estimate of drug-likeness (QED) is 0.664. The number of piperidine rings is 1. The Bertz CT molecular complexity index is 934. The van der Waals surface area contributed by atoms with Gasteiger partial charge >= 0.3 is 6.18 Å². The molecule has 1 aromatic heterocycles. The summed E-state index contributed by atoms with van der Waals surface area (Å²) in [6.07, 6.45) is 1.04. The second-order valence-electron chi connectivity index (χ2n) is 8.30. The SMILES string of the molecule is OCCN1CCC[C@@H](Nc2nnc(-c3ccc(C(F)(F)F)cc3O)c3c2CCCC3)C1. The third-order valence-corrected chi connectivity index (χ3v) is 6.13. The second kappa shape index (κ2) is 9.00. The third kappa shape index (κ3) is 4.77. The van der Waals surface area contributed by atoms with E-state index in [-0.39, 0.29) is 18.2 Å². The van der Waals surface area contributed by atoms with Gasteiger partial charge in [-0.2, -0.15) is 13.2 Å². The number of halogens is 3. The lowest BCUT2D eigenvalue weighted by atomic mass is 9.88. The number of hydrogen-bond acceptors (Lipinski definition) is 6. The van der Waals surface area contributed by atoms with Gasteiger partial charge in [-0.25, -0.2) is 0 Å². The van der Waals surface area contributed by atoms with Gasteiger partial charge in [0.15, 0.2) is 5.82 Å². The van der Waals surface area contributed by atoms with Crippen molar-refractivity contribution < 1.29 is 23.4 Å². The Hall–Kier alpha value is -2.39. The molecule has 0 radical (unpaired) electrons. The smallest absolute Gasteiger partial charge is 0.416 e. The fourth-order valence-electron chi connectivity index (χ4n) is 4.60. The largest absolute Gasteiger partial charge is 0.507 e. The molecule has 0 saturated carbocycles. The minimum atomic E-state index is -4.52. The number of alkyl halides is 3. The highest BCUT2D eigenvalue weighted by atomic mass is 19.4. The van der Waals surface area contributed by atoms with E-state index in [1.165, 1.54) is 6.07 Å². The molecule has 9 heteroatoms. The zero-order valence-corrected chi connectivity index (χ0v) is 17.3. The molecular formula is C22H27F3N4O2. The van der Waals surface area contributed by atoms with Crippen LogP contribution in [0.2, 0.25) is 0 Å². The Balaban J connectivity index is 1.63. The lowest BCUT2D eigenvalue weighted by Crippen LogP contribution is -2.43. The van der Waals surface area contributed by atoms with E-state index in [0.29, 0.717) is 12.2 Å². The van der Waals surface area contributed by atoms with Crippen molar-refractivity contribution in [3.8, 4) is 17.0 Å². The van der Waals surface area contributed by atoms with Crippen LogP contribution in [0.3, 0.4) is 0 Å². The molecule has 1 fully saturated rings. The molecule has 1 aliphatic carbocycles. The van der Waals surface area contributed by atoms with E-state index in [2.05, 4.69) is 20.4 Å². The zero-order valence-electron chi connectivity index (χ0n) is 17.3. The summed E-state index contributed by atoms with van der Waals surface area (Å²) in [7, 11) is 0. The number of benzene rings is 1. The van der Waals surface area contributed by atoms with Crippen LogP contribution >= 0.6 is 0 Å². The molecule has 31 heavy (non-hydrogen) atoms. The monoisotopic (exact) mass is 436 g/mol. The van der Waals surface area contributed by atoms with Crippen LogP contribution in [-0.4, -0.2) is 57.6 Å². The summed E-state index contributed by atoms with van der Waals surface area (Å²) in [4.78, 5) is 2.22. The maximum absolute atomic E-state index is 13.0. The predicted octanol–water partition coefficient (Wildman–Crippen LogP) is 3.62. The number of aromatic nitrogens is 2. The van der Waals surface area contributed by atoms with E-state index in [1.807, 2.05) is 0 Å². The van der Waals surface area contributed by atoms with Crippen LogP contribution in [0.5, 0.6) is 5.75 Å². The number of aromatic hydroxyl groups is 1. The van der Waals surface area contributed by atoms with Gasteiger partial charge in [0, 0.05) is 30.3 Å². The van der Waals surface area contributed by atoms with Gasteiger partial charge in [-0.1, -0.05) is 0 Å². The number of aliphatic hydroxyl groups excluding tert-OH is 1. The summed E-state index contributed by atoms with van der Waals surface area (Å²) >= 11 is 0. The van der Waals surface area contributed by atoms with E-state index in [1.54, 1.807) is 0 Å². The topological polar surface area (TPSA) is 81.5 Å². The normalized spacial score (nSPS) is 19.8. The molecular weight excluding hydrogens is 409 g/mol. The van der Waals surface area contributed by atoms with Crippen LogP contribution in [0.25, 0.3) is 11.3 Å². The van der Waals surface area contributed by atoms with Gasteiger partial charge in [0.25, 0.3) is 0 Å².